The first kappa shape index (κ1) is 27.5. The molecule has 38 heavy (non-hydrogen) atoms. The smallest absolute Gasteiger partial charge is 0.277 e. The monoisotopic (exact) mass is 539 g/mol. The first-order valence-electron chi connectivity index (χ1n) is 12.5. The average Bonchev–Trinajstić information content (AvgIpc) is 2.92. The fourth-order valence-electron chi connectivity index (χ4n) is 4.84. The molecule has 4 N–H and O–H groups in total. The van der Waals surface area contributed by atoms with Gasteiger partial charge in [0.1, 0.15) is 17.1 Å². The standard InChI is InChI=1S/C27H33N5O5S/c1-19-15-29-22(16-28-19)17-31-38(35,36)32-21-11-13-27(14-12-21,20-7-4-3-5-8-20)18-30-26(34)25-23(33)9-6-10-24(25)37-2/h3-10,15-16,21,31-33H,11-14,17-18H2,1-2H3,(H,30,34). The highest BCUT2D eigenvalue weighted by Crippen LogP contribution is 2.39. The molecule has 1 aromatic heterocycles. The van der Waals surface area contributed by atoms with Gasteiger partial charge >= 0.3 is 0 Å². The van der Waals surface area contributed by atoms with Crippen molar-refractivity contribution in [3.05, 3.63) is 83.4 Å². The quantitative estimate of drug-likeness (QED) is 0.310. The molecule has 1 heterocycles. The van der Waals surface area contributed by atoms with E-state index in [4.69, 9.17) is 4.74 Å². The topological polar surface area (TPSA) is 143 Å². The molecule has 10 nitrogen and oxygen atoms in total. The van der Waals surface area contributed by atoms with Gasteiger partial charge in [-0.15, -0.1) is 0 Å². The van der Waals surface area contributed by atoms with Gasteiger partial charge in [-0.05, 0) is 50.3 Å². The number of nitrogens with one attached hydrogen (secondary N) is 3. The van der Waals surface area contributed by atoms with Crippen molar-refractivity contribution in [2.75, 3.05) is 13.7 Å². The van der Waals surface area contributed by atoms with E-state index in [2.05, 4.69) is 24.7 Å². The molecule has 2 aromatic carbocycles. The molecular formula is C27H33N5O5S. The number of hydrogen-bond donors (Lipinski definition) is 4. The number of nitrogens with zero attached hydrogens (tertiary/aromatic N) is 2. The van der Waals surface area contributed by atoms with Crippen LogP contribution in [-0.2, 0) is 22.2 Å². The number of methoxy groups -OCH3 is 1. The van der Waals surface area contributed by atoms with Crippen molar-refractivity contribution < 1.29 is 23.1 Å². The Balaban J connectivity index is 1.42. The second kappa shape index (κ2) is 11.9. The van der Waals surface area contributed by atoms with Crippen molar-refractivity contribution in [3.63, 3.8) is 0 Å². The van der Waals surface area contributed by atoms with E-state index in [1.807, 2.05) is 37.3 Å². The van der Waals surface area contributed by atoms with Gasteiger partial charge < -0.3 is 15.2 Å². The van der Waals surface area contributed by atoms with Gasteiger partial charge in [0.15, 0.2) is 0 Å². The number of rotatable bonds is 10. The van der Waals surface area contributed by atoms with E-state index >= 15 is 0 Å². The molecule has 11 heteroatoms. The number of ether oxygens (including phenoxy) is 1. The Morgan fingerprint density at radius 1 is 1.08 bits per heavy atom. The first-order chi connectivity index (χ1) is 18.2. The molecular weight excluding hydrogens is 506 g/mol. The van der Waals surface area contributed by atoms with Gasteiger partial charge in [-0.3, -0.25) is 14.8 Å². The largest absolute Gasteiger partial charge is 0.507 e. The fraction of sp³-hybridized carbons (Fsp3) is 0.370. The van der Waals surface area contributed by atoms with E-state index < -0.39 is 16.1 Å². The van der Waals surface area contributed by atoms with Crippen molar-refractivity contribution in [2.45, 2.75) is 50.6 Å². The number of aryl methyl sites for hydroxylation is 1. The number of aromatic hydroxyl groups is 1. The summed E-state index contributed by atoms with van der Waals surface area (Å²) in [5.41, 5.74) is 2.06. The normalized spacial score (nSPS) is 19.6. The predicted molar refractivity (Wildman–Crippen MR) is 143 cm³/mol. The highest BCUT2D eigenvalue weighted by Gasteiger charge is 2.38. The Hall–Kier alpha value is -3.54. The Morgan fingerprint density at radius 3 is 2.47 bits per heavy atom. The van der Waals surface area contributed by atoms with E-state index in [1.54, 1.807) is 24.5 Å². The van der Waals surface area contributed by atoms with Gasteiger partial charge in [0.2, 0.25) is 0 Å². The number of aromatic nitrogens is 2. The first-order valence-corrected chi connectivity index (χ1v) is 13.9. The Kier molecular flexibility index (Phi) is 8.60. The van der Waals surface area contributed by atoms with Crippen molar-refractivity contribution in [3.8, 4) is 11.5 Å². The van der Waals surface area contributed by atoms with Gasteiger partial charge in [-0.25, -0.2) is 0 Å². The third kappa shape index (κ3) is 6.66. The van der Waals surface area contributed by atoms with E-state index in [0.717, 1.165) is 11.3 Å². The molecule has 0 aliphatic heterocycles. The molecule has 0 radical (unpaired) electrons. The summed E-state index contributed by atoms with van der Waals surface area (Å²) in [7, 11) is -2.30. The molecule has 1 aliphatic rings. The molecule has 0 unspecified atom stereocenters. The molecule has 1 amide bonds. The van der Waals surface area contributed by atoms with Crippen LogP contribution in [0.2, 0.25) is 0 Å². The molecule has 1 fully saturated rings. The third-order valence-electron chi connectivity index (χ3n) is 6.97. The molecule has 3 aromatic rings. The summed E-state index contributed by atoms with van der Waals surface area (Å²) in [5, 5.41) is 13.2. The van der Waals surface area contributed by atoms with Crippen LogP contribution in [0.4, 0.5) is 0 Å². The van der Waals surface area contributed by atoms with E-state index in [0.29, 0.717) is 43.7 Å². The summed E-state index contributed by atoms with van der Waals surface area (Å²) in [6.45, 7) is 2.19. The van der Waals surface area contributed by atoms with Crippen LogP contribution in [-0.4, -0.2) is 49.1 Å². The van der Waals surface area contributed by atoms with Crippen LogP contribution in [0.1, 0.15) is 53.0 Å². The lowest BCUT2D eigenvalue weighted by Crippen LogP contribution is -2.49. The van der Waals surface area contributed by atoms with E-state index in [9.17, 15) is 18.3 Å². The van der Waals surface area contributed by atoms with Crippen molar-refractivity contribution in [1.82, 2.24) is 24.7 Å². The average molecular weight is 540 g/mol. The maximum absolute atomic E-state index is 13.1. The lowest BCUT2D eigenvalue weighted by molar-refractivity contribution is 0.0929. The summed E-state index contributed by atoms with van der Waals surface area (Å²) >= 11 is 0. The predicted octanol–water partition coefficient (Wildman–Crippen LogP) is 2.73. The van der Waals surface area contributed by atoms with Gasteiger partial charge in [0, 0.05) is 24.2 Å². The SMILES string of the molecule is COc1cccc(O)c1C(=O)NCC1(c2ccccc2)CCC(NS(=O)(=O)NCc2cnc(C)cn2)CC1. The summed E-state index contributed by atoms with van der Waals surface area (Å²) in [6, 6.07) is 14.3. The number of amides is 1. The second-order valence-corrected chi connectivity index (χ2v) is 11.1. The highest BCUT2D eigenvalue weighted by atomic mass is 32.2. The van der Waals surface area contributed by atoms with Crippen molar-refractivity contribution >= 4 is 16.1 Å². The molecule has 0 bridgehead atoms. The third-order valence-corrected chi connectivity index (χ3v) is 8.13. The zero-order valence-corrected chi connectivity index (χ0v) is 22.3. The minimum Gasteiger partial charge on any atom is -0.507 e. The molecule has 0 saturated heterocycles. The lowest BCUT2D eigenvalue weighted by atomic mass is 9.68. The van der Waals surface area contributed by atoms with Crippen molar-refractivity contribution in [1.29, 1.82) is 0 Å². The van der Waals surface area contributed by atoms with Gasteiger partial charge in [0.25, 0.3) is 16.1 Å². The molecule has 1 saturated carbocycles. The summed E-state index contributed by atoms with van der Waals surface area (Å²) in [4.78, 5) is 21.4. The number of carbonyl (C=O) groups is 1. The lowest BCUT2D eigenvalue weighted by Gasteiger charge is -2.41. The molecule has 0 spiro atoms. The minimum atomic E-state index is -3.74. The Labute approximate surface area is 223 Å². The van der Waals surface area contributed by atoms with Crippen LogP contribution >= 0.6 is 0 Å². The van der Waals surface area contributed by atoms with Gasteiger partial charge in [-0.1, -0.05) is 36.4 Å². The zero-order valence-electron chi connectivity index (χ0n) is 21.5. The Bertz CT molecular complexity index is 1340. The zero-order chi connectivity index (χ0) is 27.2. The maximum atomic E-state index is 13.1. The van der Waals surface area contributed by atoms with Crippen LogP contribution in [0.5, 0.6) is 11.5 Å². The van der Waals surface area contributed by atoms with Crippen LogP contribution in [0, 0.1) is 6.92 Å². The summed E-state index contributed by atoms with van der Waals surface area (Å²) in [5.74, 6) is -0.294. The van der Waals surface area contributed by atoms with E-state index in [1.165, 1.54) is 13.2 Å². The van der Waals surface area contributed by atoms with Gasteiger partial charge in [0.05, 0.1) is 31.2 Å². The van der Waals surface area contributed by atoms with Crippen LogP contribution in [0.25, 0.3) is 0 Å². The molecule has 202 valence electrons. The van der Waals surface area contributed by atoms with Crippen LogP contribution in [0.3, 0.4) is 0 Å². The molecule has 0 atom stereocenters. The van der Waals surface area contributed by atoms with Gasteiger partial charge in [-0.2, -0.15) is 17.9 Å². The van der Waals surface area contributed by atoms with Crippen LogP contribution in [0.15, 0.2) is 60.9 Å². The fourth-order valence-corrected chi connectivity index (χ4v) is 5.94. The summed E-state index contributed by atoms with van der Waals surface area (Å²) in [6.07, 6.45) is 5.64. The number of phenols is 1. The highest BCUT2D eigenvalue weighted by molar-refractivity contribution is 7.87. The maximum Gasteiger partial charge on any atom is 0.277 e. The Morgan fingerprint density at radius 2 is 1.82 bits per heavy atom. The minimum absolute atomic E-state index is 0.0467. The van der Waals surface area contributed by atoms with E-state index in [-0.39, 0.29) is 29.3 Å². The number of hydrogen-bond acceptors (Lipinski definition) is 7. The number of carbonyl (C=O) groups excluding carboxylic acids is 1. The molecule has 4 rings (SSSR count). The van der Waals surface area contributed by atoms with Crippen LogP contribution < -0.4 is 19.5 Å². The molecule has 1 aliphatic carbocycles. The summed E-state index contributed by atoms with van der Waals surface area (Å²) < 4.78 is 35.9. The second-order valence-electron chi connectivity index (χ2n) is 9.55. The van der Waals surface area contributed by atoms with Crippen molar-refractivity contribution in [2.24, 2.45) is 0 Å². The number of phenolic OH excluding ortho intramolecular Hbond substituents is 1. The number of benzene rings is 2.